The molecule has 0 spiro atoms. The summed E-state index contributed by atoms with van der Waals surface area (Å²) in [5.74, 6) is 2.41. The molecule has 27 heavy (non-hydrogen) atoms. The zero-order chi connectivity index (χ0) is 19.1. The number of aromatic nitrogens is 3. The molecule has 7 heteroatoms. The Morgan fingerprint density at radius 3 is 2.30 bits per heavy atom. The minimum absolute atomic E-state index is 0.0729. The van der Waals surface area contributed by atoms with E-state index in [9.17, 15) is 0 Å². The number of hydrogen-bond donors (Lipinski definition) is 2. The van der Waals surface area contributed by atoms with Crippen LogP contribution in [0.4, 0.5) is 23.1 Å². The van der Waals surface area contributed by atoms with Crippen molar-refractivity contribution in [3.63, 3.8) is 0 Å². The molecule has 140 valence electrons. The molecule has 1 aromatic heterocycles. The Balaban J connectivity index is 1.79. The van der Waals surface area contributed by atoms with E-state index in [-0.39, 0.29) is 6.10 Å². The average Bonchev–Trinajstić information content (AvgIpc) is 2.65. The summed E-state index contributed by atoms with van der Waals surface area (Å²) in [5, 5.41) is 14.5. The topological polar surface area (TPSA) is 81.2 Å². The molecule has 0 aliphatic heterocycles. The summed E-state index contributed by atoms with van der Waals surface area (Å²) in [6.07, 6.45) is 1.63. The van der Waals surface area contributed by atoms with Crippen LogP contribution in [0, 0.1) is 0 Å². The smallest absolute Gasteiger partial charge is 0.249 e. The number of ether oxygens (including phenoxy) is 2. The largest absolute Gasteiger partial charge is 0.492 e. The van der Waals surface area contributed by atoms with Crippen molar-refractivity contribution in [3.05, 3.63) is 54.7 Å². The summed E-state index contributed by atoms with van der Waals surface area (Å²) in [4.78, 5) is 4.48. The summed E-state index contributed by atoms with van der Waals surface area (Å²) < 4.78 is 11.4. The van der Waals surface area contributed by atoms with Crippen LogP contribution in [-0.2, 0) is 0 Å². The maximum atomic E-state index is 5.83. The molecule has 0 aliphatic carbocycles. The van der Waals surface area contributed by atoms with Crippen molar-refractivity contribution in [2.75, 3.05) is 17.2 Å². The molecule has 0 unspecified atom stereocenters. The van der Waals surface area contributed by atoms with Gasteiger partial charge in [-0.2, -0.15) is 10.1 Å². The zero-order valence-corrected chi connectivity index (χ0v) is 15.6. The molecule has 3 rings (SSSR count). The molecule has 0 bridgehead atoms. The lowest BCUT2D eigenvalue weighted by molar-refractivity contribution is 0.244. The van der Waals surface area contributed by atoms with Crippen LogP contribution in [0.5, 0.6) is 11.5 Å². The second-order valence-electron chi connectivity index (χ2n) is 6.01. The number of anilines is 4. The molecule has 3 aromatic rings. The summed E-state index contributed by atoms with van der Waals surface area (Å²) in [6.45, 7) is 6.49. The van der Waals surface area contributed by atoms with Gasteiger partial charge < -0.3 is 20.1 Å². The van der Waals surface area contributed by atoms with Gasteiger partial charge in [0.25, 0.3) is 0 Å². The van der Waals surface area contributed by atoms with Gasteiger partial charge in [0, 0.05) is 0 Å². The quantitative estimate of drug-likeness (QED) is 0.606. The molecule has 0 atom stereocenters. The van der Waals surface area contributed by atoms with Crippen LogP contribution in [-0.4, -0.2) is 27.9 Å². The van der Waals surface area contributed by atoms with Gasteiger partial charge in [0.2, 0.25) is 5.95 Å². The number of rotatable bonds is 8. The molecule has 2 aromatic carbocycles. The summed E-state index contributed by atoms with van der Waals surface area (Å²) in [6, 6.07) is 15.3. The first-order valence-corrected chi connectivity index (χ1v) is 8.87. The van der Waals surface area contributed by atoms with Gasteiger partial charge in [-0.15, -0.1) is 5.10 Å². The monoisotopic (exact) mass is 365 g/mol. The molecule has 2 N–H and O–H groups in total. The van der Waals surface area contributed by atoms with E-state index in [1.807, 2.05) is 69.3 Å². The highest BCUT2D eigenvalue weighted by Crippen LogP contribution is 2.29. The van der Waals surface area contributed by atoms with E-state index in [4.69, 9.17) is 9.47 Å². The zero-order valence-electron chi connectivity index (χ0n) is 15.6. The van der Waals surface area contributed by atoms with Crippen LogP contribution in [0.3, 0.4) is 0 Å². The molecule has 0 fully saturated rings. The van der Waals surface area contributed by atoms with Crippen LogP contribution < -0.4 is 20.1 Å². The van der Waals surface area contributed by atoms with Gasteiger partial charge in [-0.3, -0.25) is 0 Å². The Bertz CT molecular complexity index is 886. The first-order valence-electron chi connectivity index (χ1n) is 8.87. The van der Waals surface area contributed by atoms with E-state index in [0.29, 0.717) is 18.4 Å². The molecular formula is C20H23N5O2. The normalized spacial score (nSPS) is 10.5. The van der Waals surface area contributed by atoms with Crippen molar-refractivity contribution in [2.45, 2.75) is 26.9 Å². The Hall–Kier alpha value is -3.35. The first kappa shape index (κ1) is 18.4. The van der Waals surface area contributed by atoms with Crippen LogP contribution >= 0.6 is 0 Å². The minimum atomic E-state index is 0.0729. The fourth-order valence-corrected chi connectivity index (χ4v) is 2.45. The molecular weight excluding hydrogens is 342 g/mol. The highest BCUT2D eigenvalue weighted by molar-refractivity contribution is 5.66. The number of nitrogens with zero attached hydrogens (tertiary/aromatic N) is 3. The number of para-hydroxylation sites is 4. The van der Waals surface area contributed by atoms with Crippen molar-refractivity contribution < 1.29 is 9.47 Å². The van der Waals surface area contributed by atoms with Crippen molar-refractivity contribution in [2.24, 2.45) is 0 Å². The third-order valence-electron chi connectivity index (χ3n) is 3.50. The predicted octanol–water partition coefficient (Wildman–Crippen LogP) is 4.54. The molecule has 7 nitrogen and oxygen atoms in total. The van der Waals surface area contributed by atoms with Crippen molar-refractivity contribution in [1.29, 1.82) is 0 Å². The van der Waals surface area contributed by atoms with Crippen molar-refractivity contribution in [1.82, 2.24) is 15.2 Å². The second-order valence-corrected chi connectivity index (χ2v) is 6.01. The van der Waals surface area contributed by atoms with Gasteiger partial charge in [-0.05, 0) is 45.0 Å². The van der Waals surface area contributed by atoms with Crippen molar-refractivity contribution >= 4 is 23.1 Å². The third kappa shape index (κ3) is 5.07. The van der Waals surface area contributed by atoms with Gasteiger partial charge in [0.1, 0.15) is 11.5 Å². The maximum Gasteiger partial charge on any atom is 0.249 e. The third-order valence-corrected chi connectivity index (χ3v) is 3.50. The molecule has 0 radical (unpaired) electrons. The van der Waals surface area contributed by atoms with E-state index in [0.717, 1.165) is 22.9 Å². The second kappa shape index (κ2) is 8.84. The lowest BCUT2D eigenvalue weighted by Gasteiger charge is -2.15. The highest BCUT2D eigenvalue weighted by atomic mass is 16.5. The Morgan fingerprint density at radius 2 is 1.59 bits per heavy atom. The first-order chi connectivity index (χ1) is 13.2. The lowest BCUT2D eigenvalue weighted by Crippen LogP contribution is -2.08. The fraction of sp³-hybridized carbons (Fsp3) is 0.250. The van der Waals surface area contributed by atoms with Gasteiger partial charge in [-0.25, -0.2) is 0 Å². The van der Waals surface area contributed by atoms with Gasteiger partial charge in [0.15, 0.2) is 5.82 Å². The van der Waals surface area contributed by atoms with Gasteiger partial charge >= 0.3 is 0 Å². The minimum Gasteiger partial charge on any atom is -0.492 e. The summed E-state index contributed by atoms with van der Waals surface area (Å²) in [5.41, 5.74) is 1.59. The molecule has 1 heterocycles. The van der Waals surface area contributed by atoms with E-state index in [1.165, 1.54) is 0 Å². The van der Waals surface area contributed by atoms with E-state index >= 15 is 0 Å². The maximum absolute atomic E-state index is 5.83. The lowest BCUT2D eigenvalue weighted by atomic mass is 10.3. The Kier molecular flexibility index (Phi) is 6.04. The average molecular weight is 365 g/mol. The van der Waals surface area contributed by atoms with Crippen LogP contribution in [0.2, 0.25) is 0 Å². The summed E-state index contributed by atoms with van der Waals surface area (Å²) >= 11 is 0. The van der Waals surface area contributed by atoms with Crippen LogP contribution in [0.25, 0.3) is 0 Å². The van der Waals surface area contributed by atoms with Gasteiger partial charge in [-0.1, -0.05) is 24.3 Å². The van der Waals surface area contributed by atoms with Gasteiger partial charge in [0.05, 0.1) is 30.3 Å². The van der Waals surface area contributed by atoms with Crippen LogP contribution in [0.15, 0.2) is 54.7 Å². The predicted molar refractivity (Wildman–Crippen MR) is 106 cm³/mol. The van der Waals surface area contributed by atoms with E-state index in [1.54, 1.807) is 6.20 Å². The SMILES string of the molecule is CCOc1ccccc1Nc1nncc(Nc2ccccc2OC(C)C)n1. The van der Waals surface area contributed by atoms with Crippen molar-refractivity contribution in [3.8, 4) is 11.5 Å². The highest BCUT2D eigenvalue weighted by Gasteiger charge is 2.09. The standard InChI is InChI=1S/C20H23N5O2/c1-4-26-17-11-7-5-9-15(17)23-20-24-19(13-21-25-20)22-16-10-6-8-12-18(16)27-14(2)3/h5-14H,4H2,1-3H3,(H2,22,23,24,25). The molecule has 0 saturated heterocycles. The molecule has 0 aliphatic rings. The summed E-state index contributed by atoms with van der Waals surface area (Å²) in [7, 11) is 0. The van der Waals surface area contributed by atoms with E-state index < -0.39 is 0 Å². The Morgan fingerprint density at radius 1 is 0.926 bits per heavy atom. The molecule has 0 saturated carbocycles. The number of benzene rings is 2. The van der Waals surface area contributed by atoms with E-state index in [2.05, 4.69) is 25.8 Å². The van der Waals surface area contributed by atoms with Crippen LogP contribution in [0.1, 0.15) is 20.8 Å². The molecule has 0 amide bonds. The number of hydrogen-bond acceptors (Lipinski definition) is 7. The Labute approximate surface area is 158 Å². The fourth-order valence-electron chi connectivity index (χ4n) is 2.45. The number of nitrogens with one attached hydrogen (secondary N) is 2.